The number of aromatic nitrogens is 2. The molecule has 4 bridgehead atoms. The van der Waals surface area contributed by atoms with E-state index in [9.17, 15) is 4.79 Å². The van der Waals surface area contributed by atoms with Crippen molar-refractivity contribution in [2.45, 2.75) is 79.2 Å². The van der Waals surface area contributed by atoms with Crippen molar-refractivity contribution < 1.29 is 4.79 Å². The fraction of sp³-hybridized carbons (Fsp3) is 0.810. The van der Waals surface area contributed by atoms with Crippen LogP contribution in [0.15, 0.2) is 4.47 Å². The van der Waals surface area contributed by atoms with Crippen LogP contribution in [0.3, 0.4) is 0 Å². The lowest BCUT2D eigenvalue weighted by atomic mass is 9.40. The molecule has 1 heterocycles. The number of carbonyl (C=O) groups is 1. The van der Waals surface area contributed by atoms with Gasteiger partial charge >= 0.3 is 0 Å². The summed E-state index contributed by atoms with van der Waals surface area (Å²) in [5.41, 5.74) is 2.88. The number of nitrogens with one attached hydrogen (secondary N) is 1. The molecule has 4 aliphatic rings. The van der Waals surface area contributed by atoms with Crippen molar-refractivity contribution in [3.8, 4) is 0 Å². The maximum atomic E-state index is 13.2. The Bertz CT molecular complexity index is 722. The molecule has 5 rings (SSSR count). The van der Waals surface area contributed by atoms with Crippen molar-refractivity contribution in [1.82, 2.24) is 15.1 Å². The topological polar surface area (TPSA) is 46.9 Å². The molecule has 1 amide bonds. The second-order valence-corrected chi connectivity index (χ2v) is 11.0. The van der Waals surface area contributed by atoms with Crippen LogP contribution < -0.4 is 5.32 Å². The molecule has 1 N–H and O–H groups in total. The third-order valence-electron chi connectivity index (χ3n) is 7.23. The number of halogens is 1. The van der Waals surface area contributed by atoms with Crippen LogP contribution in [0.5, 0.6) is 0 Å². The van der Waals surface area contributed by atoms with E-state index in [4.69, 9.17) is 0 Å². The summed E-state index contributed by atoms with van der Waals surface area (Å²) < 4.78 is 3.13. The second kappa shape index (κ2) is 6.08. The van der Waals surface area contributed by atoms with Gasteiger partial charge in [0.05, 0.1) is 15.6 Å². The van der Waals surface area contributed by atoms with Crippen LogP contribution in [-0.4, -0.2) is 22.2 Å². The van der Waals surface area contributed by atoms with Gasteiger partial charge in [-0.25, -0.2) is 0 Å². The van der Waals surface area contributed by atoms with Crippen molar-refractivity contribution in [2.24, 2.45) is 22.2 Å². The third kappa shape index (κ3) is 3.04. The number of amides is 1. The largest absolute Gasteiger partial charge is 0.356 e. The summed E-state index contributed by atoms with van der Waals surface area (Å²) in [5, 5.41) is 7.85. The maximum Gasteiger partial charge on any atom is 0.226 e. The fourth-order valence-electron chi connectivity index (χ4n) is 7.21. The Kier molecular flexibility index (Phi) is 4.33. The molecular weight excluding hydrogens is 390 g/mol. The first-order valence-corrected chi connectivity index (χ1v) is 10.9. The van der Waals surface area contributed by atoms with Crippen molar-refractivity contribution in [1.29, 1.82) is 0 Å². The van der Waals surface area contributed by atoms with Crippen LogP contribution in [0.1, 0.15) is 70.2 Å². The summed E-state index contributed by atoms with van der Waals surface area (Å²) in [7, 11) is 0. The van der Waals surface area contributed by atoms with Crippen molar-refractivity contribution >= 4 is 21.8 Å². The molecule has 4 nitrogen and oxygen atoms in total. The molecule has 4 saturated carbocycles. The Hall–Kier alpha value is -0.840. The van der Waals surface area contributed by atoms with Crippen molar-refractivity contribution in [2.75, 3.05) is 6.54 Å². The minimum atomic E-state index is -0.0931. The van der Waals surface area contributed by atoms with Gasteiger partial charge in [-0.15, -0.1) is 0 Å². The molecule has 0 aromatic carbocycles. The van der Waals surface area contributed by atoms with E-state index >= 15 is 0 Å². The van der Waals surface area contributed by atoms with E-state index in [0.29, 0.717) is 16.7 Å². The maximum absolute atomic E-state index is 13.2. The van der Waals surface area contributed by atoms with E-state index in [-0.39, 0.29) is 5.41 Å². The first-order chi connectivity index (χ1) is 12.1. The lowest BCUT2D eigenvalue weighted by Gasteiger charge is -2.64. The normalized spacial score (nSPS) is 38.0. The highest BCUT2D eigenvalue weighted by Crippen LogP contribution is 2.69. The molecule has 26 heavy (non-hydrogen) atoms. The molecule has 5 heteroatoms. The van der Waals surface area contributed by atoms with Crippen LogP contribution in [-0.2, 0) is 11.3 Å². The average Bonchev–Trinajstić information content (AvgIpc) is 2.75. The number of nitrogens with zero attached hydrogens (tertiary/aromatic N) is 2. The molecule has 1 aromatic heterocycles. The molecule has 4 fully saturated rings. The summed E-state index contributed by atoms with van der Waals surface area (Å²) in [4.78, 5) is 13.2. The number of carbonyl (C=O) groups excluding carboxylic acids is 1. The molecule has 0 saturated heterocycles. The van der Waals surface area contributed by atoms with Crippen LogP contribution in [0.2, 0.25) is 0 Å². The SMILES string of the molecule is Cc1nn(CCCNC(=O)C23CC4C[C@@](C)(C2)C[C@@](C)(C4)C3)c(C)c1Br. The standard InChI is InChI=1S/C21H32BrN3O/c1-14-17(22)15(2)25(24-14)7-5-6-23-18(26)21-10-16-8-19(3,12-21)11-20(4,9-16)13-21/h16H,5-13H2,1-4H3,(H,23,26)/t16?,19-,20-,21?/m1/s1. The van der Waals surface area contributed by atoms with Crippen LogP contribution in [0.25, 0.3) is 0 Å². The first kappa shape index (κ1) is 18.5. The monoisotopic (exact) mass is 421 g/mol. The van der Waals surface area contributed by atoms with Gasteiger partial charge in [0, 0.05) is 18.8 Å². The zero-order valence-electron chi connectivity index (χ0n) is 16.6. The zero-order chi connectivity index (χ0) is 18.7. The smallest absolute Gasteiger partial charge is 0.226 e. The zero-order valence-corrected chi connectivity index (χ0v) is 18.2. The van der Waals surface area contributed by atoms with Gasteiger partial charge in [0.25, 0.3) is 0 Å². The van der Waals surface area contributed by atoms with Crippen molar-refractivity contribution in [3.63, 3.8) is 0 Å². The Labute approximate surface area is 165 Å². The molecular formula is C21H32BrN3O. The molecule has 0 unspecified atom stereocenters. The van der Waals surface area contributed by atoms with Gasteiger partial charge in [-0.3, -0.25) is 9.48 Å². The Morgan fingerprint density at radius 2 is 1.85 bits per heavy atom. The van der Waals surface area contributed by atoms with Gasteiger partial charge in [-0.1, -0.05) is 13.8 Å². The van der Waals surface area contributed by atoms with Gasteiger partial charge in [0.15, 0.2) is 0 Å². The fourth-order valence-corrected chi connectivity index (χ4v) is 7.50. The molecule has 1 aromatic rings. The van der Waals surface area contributed by atoms with E-state index in [1.807, 2.05) is 11.6 Å². The highest BCUT2D eigenvalue weighted by atomic mass is 79.9. The quantitative estimate of drug-likeness (QED) is 0.696. The predicted molar refractivity (Wildman–Crippen MR) is 107 cm³/mol. The predicted octanol–water partition coefficient (Wildman–Crippen LogP) is 4.77. The van der Waals surface area contributed by atoms with Gasteiger partial charge in [0.2, 0.25) is 5.91 Å². The summed E-state index contributed by atoms with van der Waals surface area (Å²) in [5.74, 6) is 1.09. The second-order valence-electron chi connectivity index (χ2n) is 10.2. The summed E-state index contributed by atoms with van der Waals surface area (Å²) >= 11 is 3.58. The van der Waals surface area contributed by atoms with E-state index < -0.39 is 0 Å². The number of hydrogen-bond donors (Lipinski definition) is 1. The minimum Gasteiger partial charge on any atom is -0.356 e. The summed E-state index contributed by atoms with van der Waals surface area (Å²) in [6, 6.07) is 0. The van der Waals surface area contributed by atoms with E-state index in [1.165, 1.54) is 19.3 Å². The highest BCUT2D eigenvalue weighted by Gasteiger charge is 2.62. The molecule has 144 valence electrons. The first-order valence-electron chi connectivity index (χ1n) is 10.1. The van der Waals surface area contributed by atoms with Gasteiger partial charge < -0.3 is 5.32 Å². The minimum absolute atomic E-state index is 0.0931. The van der Waals surface area contributed by atoms with Gasteiger partial charge in [-0.05, 0) is 91.5 Å². The highest BCUT2D eigenvalue weighted by molar-refractivity contribution is 9.10. The van der Waals surface area contributed by atoms with Gasteiger partial charge in [-0.2, -0.15) is 5.10 Å². The molecule has 2 atom stereocenters. The number of hydrogen-bond acceptors (Lipinski definition) is 2. The average molecular weight is 422 g/mol. The number of rotatable bonds is 5. The molecule has 0 aliphatic heterocycles. The van der Waals surface area contributed by atoms with E-state index in [1.54, 1.807) is 0 Å². The van der Waals surface area contributed by atoms with Crippen molar-refractivity contribution in [3.05, 3.63) is 15.9 Å². The van der Waals surface area contributed by atoms with Crippen LogP contribution >= 0.6 is 15.9 Å². The van der Waals surface area contributed by atoms with Crippen LogP contribution in [0, 0.1) is 36.0 Å². The van der Waals surface area contributed by atoms with Crippen LogP contribution in [0.4, 0.5) is 0 Å². The number of aryl methyl sites for hydroxylation is 2. The third-order valence-corrected chi connectivity index (χ3v) is 8.38. The lowest BCUT2D eigenvalue weighted by molar-refractivity contribution is -0.170. The van der Waals surface area contributed by atoms with E-state index in [0.717, 1.165) is 60.6 Å². The molecule has 4 aliphatic carbocycles. The molecule has 0 spiro atoms. The van der Waals surface area contributed by atoms with Gasteiger partial charge in [0.1, 0.15) is 0 Å². The Balaban J connectivity index is 1.36. The lowest BCUT2D eigenvalue weighted by Crippen LogP contribution is -2.59. The Morgan fingerprint density at radius 1 is 1.19 bits per heavy atom. The summed E-state index contributed by atoms with van der Waals surface area (Å²) in [6.07, 6.45) is 8.24. The summed E-state index contributed by atoms with van der Waals surface area (Å²) in [6.45, 7) is 10.6. The molecule has 0 radical (unpaired) electrons. The Morgan fingerprint density at radius 3 is 2.38 bits per heavy atom. The van der Waals surface area contributed by atoms with E-state index in [2.05, 4.69) is 47.1 Å².